The molecule has 2 fully saturated rings. The van der Waals surface area contributed by atoms with Gasteiger partial charge in [-0.25, -0.2) is 13.6 Å². The van der Waals surface area contributed by atoms with Crippen LogP contribution in [0.4, 0.5) is 0 Å². The maximum absolute atomic E-state index is 11.4. The summed E-state index contributed by atoms with van der Waals surface area (Å²) in [5.74, 6) is 2.58. The second-order valence-corrected chi connectivity index (χ2v) is 6.72. The lowest BCUT2D eigenvalue weighted by molar-refractivity contribution is 0.480. The van der Waals surface area contributed by atoms with Crippen LogP contribution in [0.2, 0.25) is 0 Å². The third-order valence-electron chi connectivity index (χ3n) is 4.27. The van der Waals surface area contributed by atoms with Crippen molar-refractivity contribution in [3.63, 3.8) is 0 Å². The Balaban J connectivity index is 1.97. The van der Waals surface area contributed by atoms with Gasteiger partial charge in [-0.05, 0) is 31.6 Å². The van der Waals surface area contributed by atoms with Crippen molar-refractivity contribution in [2.24, 2.45) is 17.0 Å². The van der Waals surface area contributed by atoms with Crippen molar-refractivity contribution in [1.82, 2.24) is 14.8 Å². The van der Waals surface area contributed by atoms with E-state index in [9.17, 15) is 8.42 Å². The Morgan fingerprint density at radius 2 is 1.89 bits per heavy atom. The van der Waals surface area contributed by atoms with E-state index in [1.54, 1.807) is 4.57 Å². The number of hydrogen-bond acceptors (Lipinski definition) is 4. The zero-order valence-electron chi connectivity index (χ0n) is 10.4. The molecule has 2 atom stereocenters. The predicted molar refractivity (Wildman–Crippen MR) is 65.3 cm³/mol. The Morgan fingerprint density at radius 3 is 2.39 bits per heavy atom. The van der Waals surface area contributed by atoms with E-state index in [-0.39, 0.29) is 5.16 Å². The first-order valence-corrected chi connectivity index (χ1v) is 8.04. The molecule has 0 bridgehead atoms. The third kappa shape index (κ3) is 1.76. The van der Waals surface area contributed by atoms with Gasteiger partial charge in [0.2, 0.25) is 0 Å². The molecule has 2 aliphatic rings. The number of fused-ring (bicyclic) bond motifs is 1. The van der Waals surface area contributed by atoms with Crippen LogP contribution in [0.15, 0.2) is 5.16 Å². The summed E-state index contributed by atoms with van der Waals surface area (Å²) in [6, 6.07) is 0. The van der Waals surface area contributed by atoms with Gasteiger partial charge in [0.05, 0.1) is 0 Å². The number of primary sulfonamides is 1. The van der Waals surface area contributed by atoms with Crippen LogP contribution in [-0.2, 0) is 16.6 Å². The van der Waals surface area contributed by atoms with Gasteiger partial charge in [0.1, 0.15) is 5.82 Å². The van der Waals surface area contributed by atoms with Crippen LogP contribution in [0.1, 0.15) is 44.3 Å². The fourth-order valence-electron chi connectivity index (χ4n) is 3.43. The molecule has 0 saturated heterocycles. The molecule has 0 aliphatic heterocycles. The number of nitrogens with zero attached hydrogens (tertiary/aromatic N) is 3. The lowest BCUT2D eigenvalue weighted by Crippen LogP contribution is -2.19. The smallest absolute Gasteiger partial charge is 0.273 e. The highest BCUT2D eigenvalue weighted by Crippen LogP contribution is 2.60. The number of nitrogens with two attached hydrogens (primary N) is 1. The average molecular weight is 270 g/mol. The Morgan fingerprint density at radius 1 is 1.28 bits per heavy atom. The molecule has 2 saturated carbocycles. The van der Waals surface area contributed by atoms with Crippen molar-refractivity contribution in [2.45, 2.75) is 50.2 Å². The highest BCUT2D eigenvalue weighted by Gasteiger charge is 2.54. The molecule has 1 heterocycles. The normalized spacial score (nSPS) is 31.1. The lowest BCUT2D eigenvalue weighted by Gasteiger charge is -2.05. The van der Waals surface area contributed by atoms with Crippen molar-refractivity contribution in [1.29, 1.82) is 0 Å². The van der Waals surface area contributed by atoms with E-state index >= 15 is 0 Å². The van der Waals surface area contributed by atoms with Gasteiger partial charge in [-0.1, -0.05) is 12.8 Å². The standard InChI is InChI=1S/C11H18N4O2S/c1-2-15-10(13-14-11(15)18(12,16)17)9-7-5-3-4-6-8(7)9/h7-9H,2-6H2,1H3,(H2,12,16,17). The van der Waals surface area contributed by atoms with Crippen molar-refractivity contribution >= 4 is 10.0 Å². The van der Waals surface area contributed by atoms with Gasteiger partial charge in [-0.3, -0.25) is 0 Å². The van der Waals surface area contributed by atoms with Crippen LogP contribution in [0, 0.1) is 11.8 Å². The summed E-state index contributed by atoms with van der Waals surface area (Å²) in [6.45, 7) is 2.44. The highest BCUT2D eigenvalue weighted by molar-refractivity contribution is 7.89. The number of aromatic nitrogens is 3. The van der Waals surface area contributed by atoms with Gasteiger partial charge < -0.3 is 4.57 Å². The molecule has 100 valence electrons. The minimum atomic E-state index is -3.77. The van der Waals surface area contributed by atoms with Crippen LogP contribution in [0.5, 0.6) is 0 Å². The average Bonchev–Trinajstić information content (AvgIpc) is 2.87. The van der Waals surface area contributed by atoms with E-state index < -0.39 is 10.0 Å². The third-order valence-corrected chi connectivity index (χ3v) is 5.08. The Kier molecular flexibility index (Phi) is 2.71. The second-order valence-electron chi connectivity index (χ2n) is 5.27. The minimum Gasteiger partial charge on any atom is -0.301 e. The van der Waals surface area contributed by atoms with Crippen molar-refractivity contribution in [3.8, 4) is 0 Å². The molecular formula is C11H18N4O2S. The fraction of sp³-hybridized carbons (Fsp3) is 0.818. The molecule has 2 N–H and O–H groups in total. The summed E-state index contributed by atoms with van der Waals surface area (Å²) in [4.78, 5) is 0. The summed E-state index contributed by atoms with van der Waals surface area (Å²) in [7, 11) is -3.77. The summed E-state index contributed by atoms with van der Waals surface area (Å²) in [6.07, 6.45) is 5.02. The first-order chi connectivity index (χ1) is 8.54. The van der Waals surface area contributed by atoms with E-state index in [0.717, 1.165) is 5.82 Å². The maximum Gasteiger partial charge on any atom is 0.273 e. The molecule has 2 aliphatic carbocycles. The van der Waals surface area contributed by atoms with E-state index in [0.29, 0.717) is 24.3 Å². The molecule has 0 amide bonds. The quantitative estimate of drug-likeness (QED) is 0.881. The number of rotatable bonds is 3. The first-order valence-electron chi connectivity index (χ1n) is 6.50. The van der Waals surface area contributed by atoms with E-state index in [1.807, 2.05) is 6.92 Å². The van der Waals surface area contributed by atoms with Gasteiger partial charge in [0.15, 0.2) is 0 Å². The SMILES string of the molecule is CCn1c(C2C3CCCCC32)nnc1S(N)(=O)=O. The Bertz CT molecular complexity index is 554. The van der Waals surface area contributed by atoms with Crippen LogP contribution in [0.3, 0.4) is 0 Å². The van der Waals surface area contributed by atoms with E-state index in [2.05, 4.69) is 10.2 Å². The molecule has 1 aromatic heterocycles. The maximum atomic E-state index is 11.4. The largest absolute Gasteiger partial charge is 0.301 e. The van der Waals surface area contributed by atoms with Crippen molar-refractivity contribution < 1.29 is 8.42 Å². The second kappa shape index (κ2) is 4.03. The topological polar surface area (TPSA) is 90.9 Å². The first kappa shape index (κ1) is 12.1. The molecule has 0 aromatic carbocycles. The van der Waals surface area contributed by atoms with Crippen LogP contribution < -0.4 is 5.14 Å². The van der Waals surface area contributed by atoms with Gasteiger partial charge in [0, 0.05) is 12.5 Å². The van der Waals surface area contributed by atoms with Gasteiger partial charge in [-0.15, -0.1) is 10.2 Å². The molecule has 7 heteroatoms. The summed E-state index contributed by atoms with van der Waals surface area (Å²) in [5.41, 5.74) is 0. The Hall–Kier alpha value is -0.950. The predicted octanol–water partition coefficient (Wildman–Crippen LogP) is 0.849. The molecular weight excluding hydrogens is 252 g/mol. The van der Waals surface area contributed by atoms with Gasteiger partial charge >= 0.3 is 0 Å². The van der Waals surface area contributed by atoms with Gasteiger partial charge in [0.25, 0.3) is 15.2 Å². The zero-order valence-corrected chi connectivity index (χ0v) is 11.2. The lowest BCUT2D eigenvalue weighted by atomic mass is 10.0. The zero-order chi connectivity index (χ0) is 12.9. The number of sulfonamides is 1. The fourth-order valence-corrected chi connectivity index (χ4v) is 4.11. The molecule has 3 rings (SSSR count). The van der Waals surface area contributed by atoms with Crippen molar-refractivity contribution in [3.05, 3.63) is 5.82 Å². The molecule has 6 nitrogen and oxygen atoms in total. The summed E-state index contributed by atoms with van der Waals surface area (Å²) in [5, 5.41) is 12.9. The molecule has 2 unspecified atom stereocenters. The molecule has 0 radical (unpaired) electrons. The summed E-state index contributed by atoms with van der Waals surface area (Å²) < 4.78 is 24.5. The molecule has 1 aromatic rings. The van der Waals surface area contributed by atoms with Crippen LogP contribution in [0.25, 0.3) is 0 Å². The van der Waals surface area contributed by atoms with Crippen LogP contribution in [-0.4, -0.2) is 23.2 Å². The van der Waals surface area contributed by atoms with Crippen LogP contribution >= 0.6 is 0 Å². The minimum absolute atomic E-state index is 0.0938. The molecule has 0 spiro atoms. The van der Waals surface area contributed by atoms with E-state index in [1.165, 1.54) is 25.7 Å². The Labute approximate surface area is 107 Å². The van der Waals surface area contributed by atoms with Crippen molar-refractivity contribution in [2.75, 3.05) is 0 Å². The highest BCUT2D eigenvalue weighted by atomic mass is 32.2. The van der Waals surface area contributed by atoms with E-state index in [4.69, 9.17) is 5.14 Å². The monoisotopic (exact) mass is 270 g/mol. The number of hydrogen-bond donors (Lipinski definition) is 1. The van der Waals surface area contributed by atoms with Gasteiger partial charge in [-0.2, -0.15) is 0 Å². The summed E-state index contributed by atoms with van der Waals surface area (Å²) >= 11 is 0. The molecule has 18 heavy (non-hydrogen) atoms.